The molecule has 6 nitrogen and oxygen atoms in total. The van der Waals surface area contributed by atoms with Gasteiger partial charge >= 0.3 is 0 Å². The number of nitrogens with zero attached hydrogens (tertiary/aromatic N) is 6. The molecule has 0 saturated carbocycles. The van der Waals surface area contributed by atoms with Crippen LogP contribution in [0.15, 0.2) is 194 Å². The summed E-state index contributed by atoms with van der Waals surface area (Å²) >= 11 is 0. The third-order valence-corrected chi connectivity index (χ3v) is 10.2. The zero-order valence-corrected chi connectivity index (χ0v) is 29.4. The van der Waals surface area contributed by atoms with Crippen LogP contribution >= 0.6 is 0 Å². The highest BCUT2D eigenvalue weighted by molar-refractivity contribution is 6.12. The van der Waals surface area contributed by atoms with Crippen LogP contribution in [0.3, 0.4) is 0 Å². The molecule has 4 aromatic heterocycles. The van der Waals surface area contributed by atoms with E-state index in [1.165, 1.54) is 0 Å². The minimum absolute atomic E-state index is 0.164. The van der Waals surface area contributed by atoms with Crippen LogP contribution in [0.1, 0.15) is 21.9 Å². The first kappa shape index (κ1) is 19.7. The monoisotopic (exact) mass is 744 g/mol. The molecule has 12 rings (SSSR count). The van der Waals surface area contributed by atoms with Gasteiger partial charge in [-0.15, -0.1) is 0 Å². The number of hydrogen-bond donors (Lipinski definition) is 0. The summed E-state index contributed by atoms with van der Waals surface area (Å²) in [5.41, 5.74) is 2.56. The van der Waals surface area contributed by atoms with Gasteiger partial charge in [0, 0.05) is 43.4 Å². The summed E-state index contributed by atoms with van der Waals surface area (Å²) in [6, 6.07) is 19.9. The van der Waals surface area contributed by atoms with Crippen molar-refractivity contribution in [2.75, 3.05) is 0 Å². The van der Waals surface area contributed by atoms with Crippen LogP contribution in [0.2, 0.25) is 0 Å². The fourth-order valence-electron chi connectivity index (χ4n) is 7.89. The normalized spacial score (nSPS) is 15.8. The molecule has 6 heteroatoms. The number of aromatic nitrogens is 6. The Hall–Kier alpha value is -7.83. The Morgan fingerprint density at radius 2 is 0.754 bits per heavy atom. The van der Waals surface area contributed by atoms with Gasteiger partial charge in [-0.3, -0.25) is 9.13 Å². The van der Waals surface area contributed by atoms with Crippen LogP contribution in [0, 0.1) is 0 Å². The first-order valence-electron chi connectivity index (χ1n) is 25.9. The standard InChI is InChI=1S/C51H32N6/c1-2-17-33(18-3-1)34-25-16-26-41(48(34)55-42-27-10-4-19-35(42)36-20-5-11-28-43(36)55)49-52-50(56-44-29-12-6-21-37(44)38-22-7-13-30-45(38)56)54-51(53-49)57-46-31-14-8-23-39(46)40-24-9-15-32-47(40)57/h1-32H/i6D,7D,8D,9D,12D,13D,14D,15D,21D,22D,23D,24D,29D,30D,31D,32D. The molecule has 0 amide bonds. The molecule has 0 unspecified atom stereocenters. The Kier molecular flexibility index (Phi) is 4.26. The average molecular weight is 745 g/mol. The van der Waals surface area contributed by atoms with Crippen LogP contribution in [0.5, 0.6) is 0 Å². The van der Waals surface area contributed by atoms with Crippen molar-refractivity contribution in [1.29, 1.82) is 0 Å². The van der Waals surface area contributed by atoms with E-state index in [-0.39, 0.29) is 49.4 Å². The Morgan fingerprint density at radius 1 is 0.333 bits per heavy atom. The summed E-state index contributed by atoms with van der Waals surface area (Å²) in [4.78, 5) is 15.1. The Morgan fingerprint density at radius 3 is 1.25 bits per heavy atom. The molecule has 8 aromatic carbocycles. The lowest BCUT2D eigenvalue weighted by Gasteiger charge is -2.19. The molecule has 0 radical (unpaired) electrons. The zero-order chi connectivity index (χ0) is 51.4. The zero-order valence-electron chi connectivity index (χ0n) is 45.4. The lowest BCUT2D eigenvalue weighted by Crippen LogP contribution is -2.11. The van der Waals surface area contributed by atoms with Gasteiger partial charge < -0.3 is 4.57 Å². The average Bonchev–Trinajstić information content (AvgIpc) is 4.08. The quantitative estimate of drug-likeness (QED) is 0.176. The molecular weight excluding hydrogens is 697 g/mol. The van der Waals surface area contributed by atoms with Crippen molar-refractivity contribution < 1.29 is 21.9 Å². The van der Waals surface area contributed by atoms with E-state index in [9.17, 15) is 5.48 Å². The highest BCUT2D eigenvalue weighted by Gasteiger charge is 2.24. The lowest BCUT2D eigenvalue weighted by atomic mass is 9.99. The first-order chi connectivity index (χ1) is 35.0. The summed E-state index contributed by atoms with van der Waals surface area (Å²) in [6.45, 7) is 0. The van der Waals surface area contributed by atoms with Crippen molar-refractivity contribution >= 4 is 65.4 Å². The number of hydrogen-bond acceptors (Lipinski definition) is 3. The maximum absolute atomic E-state index is 9.34. The van der Waals surface area contributed by atoms with E-state index in [1.54, 1.807) is 12.1 Å². The molecule has 0 aliphatic rings. The van der Waals surface area contributed by atoms with Gasteiger partial charge in [-0.25, -0.2) is 0 Å². The predicted molar refractivity (Wildman–Crippen MR) is 234 cm³/mol. The van der Waals surface area contributed by atoms with Crippen molar-refractivity contribution in [1.82, 2.24) is 28.7 Å². The van der Waals surface area contributed by atoms with Gasteiger partial charge in [-0.2, -0.15) is 15.0 Å². The van der Waals surface area contributed by atoms with Crippen LogP contribution in [-0.2, 0) is 0 Å². The lowest BCUT2D eigenvalue weighted by molar-refractivity contribution is 0.892. The molecular formula is C51H32N6. The molecule has 4 heterocycles. The number of para-hydroxylation sites is 7. The minimum Gasteiger partial charge on any atom is -0.308 e. The SMILES string of the molecule is [2H]c1c([2H])c([2H])c2c(c1[2H])c1c([2H])c([2H])c([2H])c([2H])c1n2-c1nc(-c2cccc(-c3ccccc3)c2-n2c3ccccc3c3ccccc32)nc(-n2c3c([2H])c([2H])c([2H])c([2H])c3c3c([2H])c([2H])c([2H])c([2H])c32)n1. The molecule has 0 saturated heterocycles. The van der Waals surface area contributed by atoms with Crippen molar-refractivity contribution in [3.05, 3.63) is 194 Å². The third kappa shape index (κ3) is 4.68. The van der Waals surface area contributed by atoms with Crippen LogP contribution in [-0.4, -0.2) is 28.7 Å². The van der Waals surface area contributed by atoms with E-state index >= 15 is 0 Å². The van der Waals surface area contributed by atoms with E-state index in [2.05, 4.69) is 0 Å². The van der Waals surface area contributed by atoms with Gasteiger partial charge in [0.2, 0.25) is 11.9 Å². The highest BCUT2D eigenvalue weighted by Crippen LogP contribution is 2.41. The summed E-state index contributed by atoms with van der Waals surface area (Å²) < 4.78 is 148. The second-order valence-corrected chi connectivity index (χ2v) is 13.3. The van der Waals surface area contributed by atoms with E-state index in [4.69, 9.17) is 31.4 Å². The fraction of sp³-hybridized carbons (Fsp3) is 0. The van der Waals surface area contributed by atoms with Crippen LogP contribution < -0.4 is 0 Å². The summed E-state index contributed by atoms with van der Waals surface area (Å²) in [5.74, 6) is -1.13. The van der Waals surface area contributed by atoms with E-state index in [0.717, 1.165) is 36.5 Å². The molecule has 0 aliphatic carbocycles. The van der Waals surface area contributed by atoms with E-state index in [0.29, 0.717) is 16.8 Å². The second kappa shape index (κ2) is 12.3. The third-order valence-electron chi connectivity index (χ3n) is 10.2. The van der Waals surface area contributed by atoms with Crippen LogP contribution in [0.25, 0.3) is 106 Å². The molecule has 0 aliphatic heterocycles. The fourth-order valence-corrected chi connectivity index (χ4v) is 7.89. The van der Waals surface area contributed by atoms with Gasteiger partial charge in [0.05, 0.1) is 60.7 Å². The maximum Gasteiger partial charge on any atom is 0.240 e. The van der Waals surface area contributed by atoms with Crippen molar-refractivity contribution in [3.63, 3.8) is 0 Å². The van der Waals surface area contributed by atoms with Crippen molar-refractivity contribution in [2.45, 2.75) is 0 Å². The highest BCUT2D eigenvalue weighted by atomic mass is 15.3. The minimum atomic E-state index is -0.704. The Balaban J connectivity index is 1.34. The molecule has 0 bridgehead atoms. The smallest absolute Gasteiger partial charge is 0.240 e. The van der Waals surface area contributed by atoms with E-state index in [1.807, 2.05) is 89.5 Å². The summed E-state index contributed by atoms with van der Waals surface area (Å²) in [7, 11) is 0. The Bertz CT molecular complexity index is 4080. The number of fused-ring (bicyclic) bond motifs is 9. The van der Waals surface area contributed by atoms with Gasteiger partial charge in [0.25, 0.3) is 0 Å². The molecule has 0 N–H and O–H groups in total. The molecule has 12 aromatic rings. The number of benzene rings is 8. The summed E-state index contributed by atoms with van der Waals surface area (Å²) in [6.07, 6.45) is 0. The van der Waals surface area contributed by atoms with Gasteiger partial charge in [0.15, 0.2) is 5.82 Å². The van der Waals surface area contributed by atoms with Gasteiger partial charge in [0.1, 0.15) is 0 Å². The van der Waals surface area contributed by atoms with Crippen molar-refractivity contribution in [3.8, 4) is 40.1 Å². The Labute approximate surface area is 349 Å². The predicted octanol–water partition coefficient (Wildman–Crippen LogP) is 12.5. The molecule has 0 atom stereocenters. The second-order valence-electron chi connectivity index (χ2n) is 13.3. The number of rotatable bonds is 5. The molecule has 266 valence electrons. The maximum atomic E-state index is 9.34. The topological polar surface area (TPSA) is 53.5 Å². The largest absolute Gasteiger partial charge is 0.308 e. The summed E-state index contributed by atoms with van der Waals surface area (Å²) in [5, 5.41) is 0.738. The van der Waals surface area contributed by atoms with Gasteiger partial charge in [-0.05, 0) is 47.9 Å². The molecule has 0 spiro atoms. The first-order valence-corrected chi connectivity index (χ1v) is 17.9. The van der Waals surface area contributed by atoms with E-state index < -0.39 is 109 Å². The van der Waals surface area contributed by atoms with Gasteiger partial charge in [-0.1, -0.05) is 151 Å². The van der Waals surface area contributed by atoms with Crippen molar-refractivity contribution in [2.24, 2.45) is 0 Å². The molecule has 0 fully saturated rings. The molecule has 57 heavy (non-hydrogen) atoms. The van der Waals surface area contributed by atoms with Crippen LogP contribution in [0.4, 0.5) is 0 Å².